The molecule has 1 spiro atoms. The number of Topliss-reactive ketones (excluding diaryl/α,β-unsaturated/α-hetero) is 1. The number of benzene rings is 1. The second kappa shape index (κ2) is 5.55. The van der Waals surface area contributed by atoms with Gasteiger partial charge in [0.25, 0.3) is 0 Å². The molecule has 5 aliphatic rings. The minimum Gasteiger partial charge on any atom is -0.512 e. The molecule has 29 heavy (non-hydrogen) atoms. The van der Waals surface area contributed by atoms with E-state index in [1.807, 2.05) is 6.07 Å². The number of phenolic OH excluding ortho intramolecular Hbond substituents is 1. The van der Waals surface area contributed by atoms with Crippen molar-refractivity contribution in [1.82, 2.24) is 4.90 Å². The van der Waals surface area contributed by atoms with Gasteiger partial charge in [-0.3, -0.25) is 9.69 Å². The van der Waals surface area contributed by atoms with Crippen LogP contribution in [0, 0.1) is 5.92 Å². The summed E-state index contributed by atoms with van der Waals surface area (Å²) in [5, 5.41) is 33.3. The largest absolute Gasteiger partial charge is 0.512 e. The highest BCUT2D eigenvalue weighted by Crippen LogP contribution is 2.65. The topological polar surface area (TPSA) is 90.2 Å². The average molecular weight is 397 g/mol. The number of ketones is 1. The van der Waals surface area contributed by atoms with Gasteiger partial charge in [0.15, 0.2) is 17.6 Å². The van der Waals surface area contributed by atoms with Crippen molar-refractivity contribution in [2.24, 2.45) is 5.92 Å². The first kappa shape index (κ1) is 17.8. The highest BCUT2D eigenvalue weighted by molar-refractivity contribution is 6.03. The van der Waals surface area contributed by atoms with Crippen LogP contribution in [0.5, 0.6) is 11.5 Å². The number of nitrogens with zero attached hydrogens (tertiary/aromatic N) is 1. The monoisotopic (exact) mass is 397 g/mol. The van der Waals surface area contributed by atoms with Crippen LogP contribution in [0.1, 0.15) is 50.2 Å². The molecule has 2 heterocycles. The molecule has 1 aromatic rings. The number of piperidine rings is 1. The Kier molecular flexibility index (Phi) is 3.40. The zero-order valence-electron chi connectivity index (χ0n) is 16.6. The number of aromatic hydroxyl groups is 1. The maximum absolute atomic E-state index is 13.4. The van der Waals surface area contributed by atoms with Gasteiger partial charge in [-0.05, 0) is 49.8 Å². The van der Waals surface area contributed by atoms with Crippen molar-refractivity contribution in [3.05, 3.63) is 34.6 Å². The van der Waals surface area contributed by atoms with Crippen LogP contribution in [0.2, 0.25) is 0 Å². The van der Waals surface area contributed by atoms with Crippen LogP contribution in [-0.4, -0.2) is 56.8 Å². The van der Waals surface area contributed by atoms with Crippen LogP contribution >= 0.6 is 0 Å². The number of aliphatic hydroxyl groups excluding tert-OH is 1. The van der Waals surface area contributed by atoms with Crippen molar-refractivity contribution in [3.63, 3.8) is 0 Å². The lowest BCUT2D eigenvalue weighted by molar-refractivity contribution is -0.180. The predicted molar refractivity (Wildman–Crippen MR) is 105 cm³/mol. The van der Waals surface area contributed by atoms with Gasteiger partial charge in [-0.25, -0.2) is 0 Å². The van der Waals surface area contributed by atoms with Crippen LogP contribution in [0.4, 0.5) is 0 Å². The van der Waals surface area contributed by atoms with Gasteiger partial charge in [-0.1, -0.05) is 13.0 Å². The molecule has 6 rings (SSSR count). The summed E-state index contributed by atoms with van der Waals surface area (Å²) in [6.07, 6.45) is 3.37. The number of aliphatic hydroxyl groups is 2. The Morgan fingerprint density at radius 3 is 2.86 bits per heavy atom. The van der Waals surface area contributed by atoms with Crippen LogP contribution < -0.4 is 4.74 Å². The molecular formula is C23H27NO5. The summed E-state index contributed by atoms with van der Waals surface area (Å²) in [6, 6.07) is 3.44. The third-order valence-electron chi connectivity index (χ3n) is 8.18. The van der Waals surface area contributed by atoms with Gasteiger partial charge in [-0.15, -0.1) is 0 Å². The van der Waals surface area contributed by atoms with Crippen LogP contribution in [0.3, 0.4) is 0 Å². The van der Waals surface area contributed by atoms with E-state index in [-0.39, 0.29) is 29.8 Å². The standard InChI is InChI=1S/C23H27NO5/c1-2-15(25)14-10-23(28)17-9-13-5-6-16(26)20-18(13)22(23,21(29-20)19(14)27)7-8-24(17)11-12-3-4-12/h5-6,12,17,21,25-26,28H,2-4,7-11H2,1H3/b15-14-/t17-,21+,22+,23-/m1/s1. The van der Waals surface area contributed by atoms with Gasteiger partial charge in [0.1, 0.15) is 0 Å². The summed E-state index contributed by atoms with van der Waals surface area (Å²) in [5.74, 6) is 0.869. The molecular weight excluding hydrogens is 370 g/mol. The fraction of sp³-hybridized carbons (Fsp3) is 0.609. The van der Waals surface area contributed by atoms with E-state index in [2.05, 4.69) is 4.90 Å². The van der Waals surface area contributed by atoms with Crippen LogP contribution in [-0.2, 0) is 16.6 Å². The smallest absolute Gasteiger partial charge is 0.203 e. The van der Waals surface area contributed by atoms with Crippen LogP contribution in [0.25, 0.3) is 0 Å². The summed E-state index contributed by atoms with van der Waals surface area (Å²) < 4.78 is 6.12. The third kappa shape index (κ3) is 2.01. The number of ether oxygens (including phenoxy) is 1. The Balaban J connectivity index is 1.59. The molecule has 0 aromatic heterocycles. The summed E-state index contributed by atoms with van der Waals surface area (Å²) >= 11 is 0. The third-order valence-corrected chi connectivity index (χ3v) is 8.18. The quantitative estimate of drug-likeness (QED) is 0.536. The SMILES string of the molecule is CC/C(O)=C1\C[C@@]2(O)[C@H]3Cc4ccc(O)c5c4[C@@]2(CCN3CC2CC2)[C@@H](O5)C1=O. The van der Waals surface area contributed by atoms with Gasteiger partial charge in [0.05, 0.1) is 16.8 Å². The van der Waals surface area contributed by atoms with Crippen molar-refractivity contribution in [3.8, 4) is 11.5 Å². The van der Waals surface area contributed by atoms with Gasteiger partial charge in [0, 0.05) is 36.6 Å². The number of carbonyl (C=O) groups excluding carboxylic acids is 1. The van der Waals surface area contributed by atoms with Crippen molar-refractivity contribution >= 4 is 5.78 Å². The molecule has 1 saturated heterocycles. The number of hydrogen-bond acceptors (Lipinski definition) is 6. The van der Waals surface area contributed by atoms with Gasteiger partial charge >= 0.3 is 0 Å². The Labute approximate surface area is 169 Å². The van der Waals surface area contributed by atoms with E-state index in [1.54, 1.807) is 13.0 Å². The summed E-state index contributed by atoms with van der Waals surface area (Å²) in [6.45, 7) is 3.59. The van der Waals surface area contributed by atoms with E-state index >= 15 is 0 Å². The Bertz CT molecular complexity index is 966. The molecule has 3 N–H and O–H groups in total. The molecule has 2 saturated carbocycles. The molecule has 0 radical (unpaired) electrons. The molecule has 6 nitrogen and oxygen atoms in total. The number of rotatable bonds is 3. The highest BCUT2D eigenvalue weighted by atomic mass is 16.5. The molecule has 3 fully saturated rings. The highest BCUT2D eigenvalue weighted by Gasteiger charge is 2.74. The molecule has 0 amide bonds. The van der Waals surface area contributed by atoms with Crippen molar-refractivity contribution in [2.75, 3.05) is 13.1 Å². The van der Waals surface area contributed by atoms with E-state index in [0.29, 0.717) is 36.5 Å². The van der Waals surface area contributed by atoms with E-state index in [4.69, 9.17) is 4.74 Å². The second-order valence-electron chi connectivity index (χ2n) is 9.57. The predicted octanol–water partition coefficient (Wildman–Crippen LogP) is 2.36. The van der Waals surface area contributed by atoms with Gasteiger partial charge < -0.3 is 20.1 Å². The van der Waals surface area contributed by atoms with Crippen molar-refractivity contribution in [1.29, 1.82) is 0 Å². The number of phenols is 1. The number of carbonyl (C=O) groups is 1. The maximum atomic E-state index is 13.4. The summed E-state index contributed by atoms with van der Waals surface area (Å²) in [7, 11) is 0. The zero-order chi connectivity index (χ0) is 20.1. The Hall–Kier alpha value is -2.05. The lowest BCUT2D eigenvalue weighted by Gasteiger charge is -2.62. The number of hydrogen-bond donors (Lipinski definition) is 3. The lowest BCUT2D eigenvalue weighted by Crippen LogP contribution is -2.77. The first-order chi connectivity index (χ1) is 13.9. The first-order valence-electron chi connectivity index (χ1n) is 10.8. The van der Waals surface area contributed by atoms with Gasteiger partial charge in [-0.2, -0.15) is 0 Å². The first-order valence-corrected chi connectivity index (χ1v) is 10.8. The normalized spacial score (nSPS) is 39.2. The molecule has 2 aliphatic heterocycles. The van der Waals surface area contributed by atoms with E-state index < -0.39 is 17.1 Å². The summed E-state index contributed by atoms with van der Waals surface area (Å²) in [4.78, 5) is 15.8. The van der Waals surface area contributed by atoms with Gasteiger partial charge in [0.2, 0.25) is 5.78 Å². The van der Waals surface area contributed by atoms with E-state index in [9.17, 15) is 20.1 Å². The molecule has 4 atom stereocenters. The maximum Gasteiger partial charge on any atom is 0.203 e. The van der Waals surface area contributed by atoms with Crippen LogP contribution in [0.15, 0.2) is 23.5 Å². The van der Waals surface area contributed by atoms with Crippen molar-refractivity contribution < 1.29 is 24.9 Å². The van der Waals surface area contributed by atoms with E-state index in [0.717, 1.165) is 24.2 Å². The fourth-order valence-corrected chi connectivity index (χ4v) is 6.61. The fourth-order valence-electron chi connectivity index (χ4n) is 6.61. The Morgan fingerprint density at radius 1 is 1.34 bits per heavy atom. The average Bonchev–Trinajstić information content (AvgIpc) is 3.44. The second-order valence-corrected chi connectivity index (χ2v) is 9.57. The molecule has 2 bridgehead atoms. The molecule has 1 aromatic carbocycles. The zero-order valence-corrected chi connectivity index (χ0v) is 16.6. The molecule has 6 heteroatoms. The minimum atomic E-state index is -1.21. The van der Waals surface area contributed by atoms with E-state index in [1.165, 1.54) is 12.8 Å². The number of allylic oxidation sites excluding steroid dienone is 1. The Morgan fingerprint density at radius 2 is 2.14 bits per heavy atom. The number of likely N-dealkylation sites (tertiary alicyclic amines) is 1. The molecule has 154 valence electrons. The molecule has 0 unspecified atom stereocenters. The summed E-state index contributed by atoms with van der Waals surface area (Å²) in [5.41, 5.74) is 0.132. The lowest BCUT2D eigenvalue weighted by atomic mass is 9.48. The van der Waals surface area contributed by atoms with Crippen molar-refractivity contribution in [2.45, 2.75) is 68.6 Å². The minimum absolute atomic E-state index is 0.0202. The molecule has 3 aliphatic carbocycles.